The molecule has 0 N–H and O–H groups in total. The number of hydrogen-bond acceptors (Lipinski definition) is 1. The van der Waals surface area contributed by atoms with E-state index in [1.54, 1.807) is 0 Å². The zero-order valence-corrected chi connectivity index (χ0v) is 14.9. The van der Waals surface area contributed by atoms with Crippen molar-refractivity contribution in [3.05, 3.63) is 17.5 Å². The third-order valence-electron chi connectivity index (χ3n) is 4.02. The van der Waals surface area contributed by atoms with Crippen LogP contribution < -0.4 is 0 Å². The van der Waals surface area contributed by atoms with Crippen molar-refractivity contribution in [3.63, 3.8) is 0 Å². The quantitative estimate of drug-likeness (QED) is 0.714. The van der Waals surface area contributed by atoms with Crippen molar-refractivity contribution in [1.82, 2.24) is 9.78 Å². The van der Waals surface area contributed by atoms with E-state index in [1.165, 1.54) is 30.7 Å². The monoisotopic (exact) mass is 278 g/mol. The van der Waals surface area contributed by atoms with Crippen LogP contribution in [0, 0.1) is 5.92 Å². The van der Waals surface area contributed by atoms with Gasteiger partial charge in [0.25, 0.3) is 0 Å². The van der Waals surface area contributed by atoms with Crippen LogP contribution in [0.5, 0.6) is 0 Å². The first-order valence-electron chi connectivity index (χ1n) is 8.18. The molecule has 0 aliphatic carbocycles. The second kappa shape index (κ2) is 6.32. The first-order chi connectivity index (χ1) is 9.09. The summed E-state index contributed by atoms with van der Waals surface area (Å²) in [5.74, 6) is 0.744. The third-order valence-corrected chi connectivity index (χ3v) is 4.02. The van der Waals surface area contributed by atoms with Gasteiger partial charge in [0.2, 0.25) is 0 Å². The number of hydrogen-bond donors (Lipinski definition) is 0. The van der Waals surface area contributed by atoms with Gasteiger partial charge in [-0.1, -0.05) is 68.2 Å². The van der Waals surface area contributed by atoms with Crippen molar-refractivity contribution >= 4 is 0 Å². The molecular weight excluding hydrogens is 244 g/mol. The molecule has 1 aromatic heterocycles. The molecule has 0 aliphatic heterocycles. The van der Waals surface area contributed by atoms with Crippen LogP contribution in [-0.4, -0.2) is 9.78 Å². The Kier molecular flexibility index (Phi) is 5.46. The Morgan fingerprint density at radius 3 is 2.05 bits per heavy atom. The highest BCUT2D eigenvalue weighted by Gasteiger charge is 2.26. The fourth-order valence-corrected chi connectivity index (χ4v) is 2.60. The highest BCUT2D eigenvalue weighted by atomic mass is 15.3. The molecule has 0 spiro atoms. The minimum Gasteiger partial charge on any atom is -0.268 e. The van der Waals surface area contributed by atoms with E-state index in [-0.39, 0.29) is 10.8 Å². The highest BCUT2D eigenvalue weighted by molar-refractivity contribution is 5.22. The Morgan fingerprint density at radius 2 is 1.65 bits per heavy atom. The lowest BCUT2D eigenvalue weighted by molar-refractivity contribution is 0.354. The molecule has 0 amide bonds. The number of aromatic nitrogens is 2. The highest BCUT2D eigenvalue weighted by Crippen LogP contribution is 2.29. The van der Waals surface area contributed by atoms with E-state index in [4.69, 9.17) is 5.10 Å². The van der Waals surface area contributed by atoms with Crippen LogP contribution in [0.3, 0.4) is 0 Å². The molecule has 1 aromatic rings. The van der Waals surface area contributed by atoms with E-state index in [2.05, 4.69) is 66.1 Å². The Balaban J connectivity index is 3.13. The van der Waals surface area contributed by atoms with Crippen molar-refractivity contribution in [2.24, 2.45) is 5.92 Å². The van der Waals surface area contributed by atoms with Crippen molar-refractivity contribution in [2.45, 2.75) is 92.0 Å². The summed E-state index contributed by atoms with van der Waals surface area (Å²) in [6.07, 6.45) is 3.80. The molecule has 20 heavy (non-hydrogen) atoms. The number of nitrogens with zero attached hydrogens (tertiary/aromatic N) is 2. The lowest BCUT2D eigenvalue weighted by Crippen LogP contribution is -2.21. The maximum atomic E-state index is 4.93. The number of rotatable bonds is 5. The predicted octanol–water partition coefficient (Wildman–Crippen LogP) is 5.30. The van der Waals surface area contributed by atoms with Gasteiger partial charge in [-0.25, -0.2) is 0 Å². The molecule has 0 aliphatic rings. The molecule has 0 saturated heterocycles. The Morgan fingerprint density at radius 1 is 1.05 bits per heavy atom. The van der Waals surface area contributed by atoms with Gasteiger partial charge in [0.1, 0.15) is 0 Å². The van der Waals surface area contributed by atoms with Crippen LogP contribution in [0.4, 0.5) is 0 Å². The van der Waals surface area contributed by atoms with E-state index in [0.29, 0.717) is 0 Å². The first kappa shape index (κ1) is 17.3. The summed E-state index contributed by atoms with van der Waals surface area (Å²) in [6, 6.07) is 2.32. The van der Waals surface area contributed by atoms with E-state index < -0.39 is 0 Å². The maximum absolute atomic E-state index is 4.93. The first-order valence-corrected chi connectivity index (χ1v) is 8.18. The normalized spacial score (nSPS) is 14.6. The Labute approximate surface area is 126 Å². The van der Waals surface area contributed by atoms with Crippen LogP contribution in [0.1, 0.15) is 86.0 Å². The van der Waals surface area contributed by atoms with Gasteiger partial charge < -0.3 is 0 Å². The average Bonchev–Trinajstić information content (AvgIpc) is 2.71. The van der Waals surface area contributed by atoms with Crippen molar-refractivity contribution in [1.29, 1.82) is 0 Å². The molecule has 0 bridgehead atoms. The topological polar surface area (TPSA) is 17.8 Å². The minimum absolute atomic E-state index is 0.123. The van der Waals surface area contributed by atoms with Gasteiger partial charge in [-0.15, -0.1) is 0 Å². The van der Waals surface area contributed by atoms with E-state index in [9.17, 15) is 0 Å². The smallest absolute Gasteiger partial charge is 0.0681 e. The average molecular weight is 278 g/mol. The van der Waals surface area contributed by atoms with Crippen LogP contribution in [0.15, 0.2) is 6.07 Å². The summed E-state index contributed by atoms with van der Waals surface area (Å²) in [6.45, 7) is 19.2. The summed E-state index contributed by atoms with van der Waals surface area (Å²) in [7, 11) is 0. The van der Waals surface area contributed by atoms with Crippen LogP contribution in [0.25, 0.3) is 0 Å². The second-order valence-electron chi connectivity index (χ2n) is 8.16. The standard InChI is InChI=1S/C18H34N2/c1-9-11-14(10-2)13-20-16(18(6,7)8)12-15(19-20)17(3,4)5/h12,14H,9-11,13H2,1-8H3. The van der Waals surface area contributed by atoms with Gasteiger partial charge in [-0.05, 0) is 18.4 Å². The van der Waals surface area contributed by atoms with Gasteiger partial charge in [0.15, 0.2) is 0 Å². The Bertz CT molecular complexity index is 416. The zero-order valence-electron chi connectivity index (χ0n) is 14.9. The molecule has 0 fully saturated rings. The predicted molar refractivity (Wildman–Crippen MR) is 88.3 cm³/mol. The molecule has 1 heterocycles. The summed E-state index contributed by atoms with van der Waals surface area (Å²) in [4.78, 5) is 0. The summed E-state index contributed by atoms with van der Waals surface area (Å²) >= 11 is 0. The lowest BCUT2D eigenvalue weighted by Gasteiger charge is -2.23. The van der Waals surface area contributed by atoms with Gasteiger partial charge in [-0.2, -0.15) is 5.10 Å². The van der Waals surface area contributed by atoms with Gasteiger partial charge in [-0.3, -0.25) is 4.68 Å². The zero-order chi connectivity index (χ0) is 15.6. The summed E-state index contributed by atoms with van der Waals surface area (Å²) in [5, 5.41) is 4.93. The minimum atomic E-state index is 0.123. The maximum Gasteiger partial charge on any atom is 0.0681 e. The molecule has 1 rings (SSSR count). The second-order valence-corrected chi connectivity index (χ2v) is 8.16. The Hall–Kier alpha value is -0.790. The molecule has 2 heteroatoms. The van der Waals surface area contributed by atoms with Gasteiger partial charge in [0, 0.05) is 23.1 Å². The molecule has 0 aromatic carbocycles. The lowest BCUT2D eigenvalue weighted by atomic mass is 9.87. The molecule has 2 nitrogen and oxygen atoms in total. The van der Waals surface area contributed by atoms with E-state index in [0.717, 1.165) is 12.5 Å². The van der Waals surface area contributed by atoms with E-state index >= 15 is 0 Å². The fourth-order valence-electron chi connectivity index (χ4n) is 2.60. The summed E-state index contributed by atoms with van der Waals surface area (Å²) < 4.78 is 2.28. The van der Waals surface area contributed by atoms with Crippen molar-refractivity contribution < 1.29 is 0 Å². The SMILES string of the molecule is CCCC(CC)Cn1nc(C(C)(C)C)cc1C(C)(C)C. The van der Waals surface area contributed by atoms with E-state index in [1.807, 2.05) is 0 Å². The summed E-state index contributed by atoms with van der Waals surface area (Å²) in [5.41, 5.74) is 2.87. The van der Waals surface area contributed by atoms with Crippen LogP contribution in [-0.2, 0) is 17.4 Å². The van der Waals surface area contributed by atoms with Crippen LogP contribution in [0.2, 0.25) is 0 Å². The van der Waals surface area contributed by atoms with Crippen molar-refractivity contribution in [2.75, 3.05) is 0 Å². The van der Waals surface area contributed by atoms with Crippen molar-refractivity contribution in [3.8, 4) is 0 Å². The van der Waals surface area contributed by atoms with Gasteiger partial charge in [0.05, 0.1) is 5.69 Å². The molecule has 1 unspecified atom stereocenters. The molecule has 0 radical (unpaired) electrons. The molecule has 116 valence electrons. The van der Waals surface area contributed by atoms with Gasteiger partial charge >= 0.3 is 0 Å². The molecule has 0 saturated carbocycles. The largest absolute Gasteiger partial charge is 0.268 e. The third kappa shape index (κ3) is 4.36. The fraction of sp³-hybridized carbons (Fsp3) is 0.833. The molecule has 1 atom stereocenters. The molecular formula is C18H34N2. The van der Waals surface area contributed by atoms with Crippen LogP contribution >= 0.6 is 0 Å².